The van der Waals surface area contributed by atoms with E-state index >= 15 is 13.2 Å². The second-order valence-electron chi connectivity index (χ2n) is 11.4. The summed E-state index contributed by atoms with van der Waals surface area (Å²) < 4.78 is 58.6. The van der Waals surface area contributed by atoms with Gasteiger partial charge in [-0.05, 0) is 71.7 Å². The minimum absolute atomic E-state index is 0.0124. The highest BCUT2D eigenvalue weighted by molar-refractivity contribution is 5.63. The van der Waals surface area contributed by atoms with Crippen LogP contribution in [-0.4, -0.2) is 52.1 Å². The Morgan fingerprint density at radius 1 is 1.10 bits per heavy atom. The number of aromatic nitrogens is 4. The fourth-order valence-electron chi connectivity index (χ4n) is 6.63. The predicted molar refractivity (Wildman–Crippen MR) is 148 cm³/mol. The summed E-state index contributed by atoms with van der Waals surface area (Å²) in [5.74, 6) is -0.551. The van der Waals surface area contributed by atoms with Gasteiger partial charge in [-0.25, -0.2) is 22.7 Å². The van der Waals surface area contributed by atoms with E-state index in [4.69, 9.17) is 15.2 Å². The Bertz CT molecular complexity index is 1520. The average Bonchev–Trinajstić information content (AvgIpc) is 3.35. The van der Waals surface area contributed by atoms with E-state index in [1.807, 2.05) is 12.3 Å². The molecular formula is C31H34F3N5O2. The quantitative estimate of drug-likeness (QED) is 0.333. The van der Waals surface area contributed by atoms with E-state index in [1.54, 1.807) is 36.2 Å². The van der Waals surface area contributed by atoms with E-state index in [0.717, 1.165) is 36.1 Å². The summed E-state index contributed by atoms with van der Waals surface area (Å²) in [6, 6.07) is 7.39. The van der Waals surface area contributed by atoms with Crippen molar-refractivity contribution in [3.05, 3.63) is 83.1 Å². The van der Waals surface area contributed by atoms with Crippen molar-refractivity contribution in [1.29, 1.82) is 0 Å². The van der Waals surface area contributed by atoms with E-state index in [0.29, 0.717) is 23.7 Å². The number of hydrogen-bond acceptors (Lipinski definition) is 6. The van der Waals surface area contributed by atoms with Crippen molar-refractivity contribution in [2.45, 2.75) is 62.8 Å². The molecule has 3 aromatic heterocycles. The van der Waals surface area contributed by atoms with E-state index < -0.39 is 17.3 Å². The van der Waals surface area contributed by atoms with Crippen LogP contribution in [-0.2, 0) is 21.6 Å². The van der Waals surface area contributed by atoms with Gasteiger partial charge in [0.25, 0.3) is 0 Å². The van der Waals surface area contributed by atoms with Gasteiger partial charge in [0, 0.05) is 58.0 Å². The Labute approximate surface area is 236 Å². The summed E-state index contributed by atoms with van der Waals surface area (Å²) in [6.45, 7) is 2.58. The molecule has 2 fully saturated rings. The van der Waals surface area contributed by atoms with Crippen molar-refractivity contribution >= 4 is 5.52 Å². The second-order valence-corrected chi connectivity index (χ2v) is 11.4. The molecule has 1 saturated heterocycles. The van der Waals surface area contributed by atoms with E-state index in [1.165, 1.54) is 0 Å². The summed E-state index contributed by atoms with van der Waals surface area (Å²) in [7, 11) is 1.71. The fourth-order valence-corrected chi connectivity index (χ4v) is 6.63. The Kier molecular flexibility index (Phi) is 7.56. The number of ether oxygens (including phenoxy) is 2. The molecule has 0 amide bonds. The molecule has 1 aromatic carbocycles. The normalized spacial score (nSPS) is 24.5. The molecule has 0 unspecified atom stereocenters. The van der Waals surface area contributed by atoms with Gasteiger partial charge in [-0.15, -0.1) is 0 Å². The molecule has 4 heterocycles. The van der Waals surface area contributed by atoms with Crippen LogP contribution in [0.15, 0.2) is 48.9 Å². The lowest BCUT2D eigenvalue weighted by molar-refractivity contribution is -0.0117. The number of hydrogen-bond donors (Lipinski definition) is 1. The number of nitrogens with two attached hydrogens (primary N) is 1. The molecule has 2 N–H and O–H groups in total. The number of rotatable bonds is 6. The van der Waals surface area contributed by atoms with Crippen LogP contribution in [0.4, 0.5) is 13.2 Å². The highest BCUT2D eigenvalue weighted by Gasteiger charge is 2.37. The fraction of sp³-hybridized carbons (Fsp3) is 0.452. The lowest BCUT2D eigenvalue weighted by Gasteiger charge is -2.38. The van der Waals surface area contributed by atoms with E-state index in [-0.39, 0.29) is 60.9 Å². The Hall–Kier alpha value is -3.34. The van der Waals surface area contributed by atoms with E-state index in [2.05, 4.69) is 22.0 Å². The van der Waals surface area contributed by atoms with Gasteiger partial charge in [0.15, 0.2) is 0 Å². The van der Waals surface area contributed by atoms with Crippen LogP contribution >= 0.6 is 0 Å². The number of fused-ring (bicyclic) bond motifs is 1. The van der Waals surface area contributed by atoms with Crippen LogP contribution in [0.3, 0.4) is 0 Å². The number of benzene rings is 1. The average molecular weight is 566 g/mol. The van der Waals surface area contributed by atoms with Crippen molar-refractivity contribution in [3.63, 3.8) is 0 Å². The molecule has 0 bridgehead atoms. The minimum atomic E-state index is -1.82. The first-order valence-corrected chi connectivity index (χ1v) is 14.1. The highest BCUT2D eigenvalue weighted by Crippen LogP contribution is 2.40. The van der Waals surface area contributed by atoms with Gasteiger partial charge in [-0.3, -0.25) is 4.98 Å². The van der Waals surface area contributed by atoms with E-state index in [9.17, 15) is 0 Å². The Morgan fingerprint density at radius 2 is 1.85 bits per heavy atom. The number of imidazole rings is 1. The lowest BCUT2D eigenvalue weighted by Crippen LogP contribution is -2.45. The van der Waals surface area contributed by atoms with Crippen LogP contribution in [0.5, 0.6) is 0 Å². The van der Waals surface area contributed by atoms with Gasteiger partial charge < -0.3 is 15.2 Å². The van der Waals surface area contributed by atoms with Crippen LogP contribution < -0.4 is 5.73 Å². The topological polar surface area (TPSA) is 87.6 Å². The summed E-state index contributed by atoms with van der Waals surface area (Å²) in [5.41, 5.74) is 7.28. The largest absolute Gasteiger partial charge is 0.381 e. The van der Waals surface area contributed by atoms with Crippen molar-refractivity contribution in [2.75, 3.05) is 20.3 Å². The molecule has 4 aromatic rings. The summed E-state index contributed by atoms with van der Waals surface area (Å²) >= 11 is 0. The standard InChI is InChI=1S/C31H34F3N5O2/c1-18-11-19(12-26(35)30(18)40-2)23-5-8-36-16-20(23)13-28-37-17-22-3-4-27(38-39(22)28)29-24(32)14-21(15-25(29)33)31(34)6-9-41-10-7-31/h3-5,8,14-19,26,30H,6-7,9-13,35H2,1-2H3/t18-,19+,26+,30+/m0/s1. The molecular weight excluding hydrogens is 531 g/mol. The first-order valence-electron chi connectivity index (χ1n) is 14.1. The number of pyridine rings is 1. The molecule has 41 heavy (non-hydrogen) atoms. The van der Waals surface area contributed by atoms with Crippen LogP contribution in [0, 0.1) is 17.6 Å². The molecule has 0 radical (unpaired) electrons. The maximum absolute atomic E-state index is 15.4. The molecule has 2 aliphatic rings. The van der Waals surface area contributed by atoms with Gasteiger partial charge >= 0.3 is 0 Å². The predicted octanol–water partition coefficient (Wildman–Crippen LogP) is 5.49. The summed E-state index contributed by atoms with van der Waals surface area (Å²) in [6.07, 6.45) is 7.61. The number of nitrogens with zero attached hydrogens (tertiary/aromatic N) is 4. The Balaban J connectivity index is 1.32. The molecule has 1 aliphatic heterocycles. The zero-order valence-corrected chi connectivity index (χ0v) is 23.2. The molecule has 0 spiro atoms. The molecule has 7 nitrogen and oxygen atoms in total. The molecule has 1 saturated carbocycles. The van der Waals surface area contributed by atoms with Gasteiger partial charge in [-0.1, -0.05) is 6.92 Å². The maximum Gasteiger partial charge on any atom is 0.140 e. The second kappa shape index (κ2) is 11.2. The third-order valence-corrected chi connectivity index (χ3v) is 8.75. The number of halogens is 3. The molecule has 1 aliphatic carbocycles. The Morgan fingerprint density at radius 3 is 2.56 bits per heavy atom. The van der Waals surface area contributed by atoms with Crippen molar-refractivity contribution < 1.29 is 22.6 Å². The lowest BCUT2D eigenvalue weighted by atomic mass is 9.74. The van der Waals surface area contributed by atoms with Crippen LogP contribution in [0.1, 0.15) is 61.0 Å². The number of methoxy groups -OCH3 is 1. The molecule has 10 heteroatoms. The highest BCUT2D eigenvalue weighted by atomic mass is 19.1. The third-order valence-electron chi connectivity index (χ3n) is 8.75. The summed E-state index contributed by atoms with van der Waals surface area (Å²) in [4.78, 5) is 8.93. The molecule has 216 valence electrons. The summed E-state index contributed by atoms with van der Waals surface area (Å²) in [5, 5.41) is 4.57. The minimum Gasteiger partial charge on any atom is -0.381 e. The zero-order chi connectivity index (χ0) is 28.7. The smallest absolute Gasteiger partial charge is 0.140 e. The number of alkyl halides is 1. The molecule has 4 atom stereocenters. The van der Waals surface area contributed by atoms with Gasteiger partial charge in [0.2, 0.25) is 0 Å². The van der Waals surface area contributed by atoms with Crippen molar-refractivity contribution in [1.82, 2.24) is 19.6 Å². The van der Waals surface area contributed by atoms with Gasteiger partial charge in [0.1, 0.15) is 23.1 Å². The monoisotopic (exact) mass is 565 g/mol. The maximum atomic E-state index is 15.4. The molecule has 6 rings (SSSR count). The third kappa shape index (κ3) is 5.24. The zero-order valence-electron chi connectivity index (χ0n) is 23.2. The SMILES string of the molecule is CO[C@H]1[C@H](N)C[C@H](c2ccncc2Cc2ncc3ccc(-c4c(F)cc(C5(F)CCOCC5)cc4F)nn23)C[C@@H]1C. The van der Waals surface area contributed by atoms with Crippen LogP contribution in [0.25, 0.3) is 16.8 Å². The first-order chi connectivity index (χ1) is 19.8. The van der Waals surface area contributed by atoms with Crippen molar-refractivity contribution in [2.24, 2.45) is 11.7 Å². The first kappa shape index (κ1) is 27.8. The van der Waals surface area contributed by atoms with Crippen LogP contribution in [0.2, 0.25) is 0 Å². The van der Waals surface area contributed by atoms with Crippen molar-refractivity contribution in [3.8, 4) is 11.3 Å². The van der Waals surface area contributed by atoms with Gasteiger partial charge in [-0.2, -0.15) is 5.10 Å². The van der Waals surface area contributed by atoms with Gasteiger partial charge in [0.05, 0.1) is 29.1 Å².